The molecule has 2 fully saturated rings. The third-order valence-electron chi connectivity index (χ3n) is 3.67. The molecule has 0 amide bonds. The van der Waals surface area contributed by atoms with Crippen molar-refractivity contribution in [1.82, 2.24) is 5.32 Å². The standard InChI is InChI=1S/C11H21N3O/c12-10(13-6-9-2-1-3-9)14-7-11(8-15)4-5-11/h9,15H,1-8H2,(H3,12,13,14). The van der Waals surface area contributed by atoms with Gasteiger partial charge in [0.15, 0.2) is 5.96 Å². The molecule has 0 aromatic carbocycles. The predicted octanol–water partition coefficient (Wildman–Crippen LogP) is 0.463. The van der Waals surface area contributed by atoms with Gasteiger partial charge in [0, 0.05) is 12.0 Å². The Hall–Kier alpha value is -0.770. The fourth-order valence-electron chi connectivity index (χ4n) is 1.80. The average molecular weight is 211 g/mol. The summed E-state index contributed by atoms with van der Waals surface area (Å²) in [5.41, 5.74) is 5.82. The molecule has 2 aliphatic rings. The molecule has 2 rings (SSSR count). The summed E-state index contributed by atoms with van der Waals surface area (Å²) in [5.74, 6) is 1.34. The highest BCUT2D eigenvalue weighted by Gasteiger charge is 2.41. The normalized spacial score (nSPS) is 24.7. The van der Waals surface area contributed by atoms with Gasteiger partial charge in [-0.05, 0) is 31.6 Å². The molecule has 0 aromatic heterocycles. The minimum absolute atomic E-state index is 0.0722. The molecule has 0 atom stereocenters. The van der Waals surface area contributed by atoms with E-state index >= 15 is 0 Å². The molecule has 0 saturated heterocycles. The van der Waals surface area contributed by atoms with Crippen LogP contribution in [0.5, 0.6) is 0 Å². The van der Waals surface area contributed by atoms with E-state index in [0.29, 0.717) is 12.5 Å². The number of aliphatic hydroxyl groups is 1. The van der Waals surface area contributed by atoms with E-state index in [2.05, 4.69) is 10.3 Å². The van der Waals surface area contributed by atoms with Crippen LogP contribution in [-0.2, 0) is 0 Å². The quantitative estimate of drug-likeness (QED) is 0.457. The van der Waals surface area contributed by atoms with Gasteiger partial charge in [0.1, 0.15) is 0 Å². The highest BCUT2D eigenvalue weighted by Crippen LogP contribution is 2.45. The van der Waals surface area contributed by atoms with Crippen molar-refractivity contribution in [2.45, 2.75) is 32.1 Å². The van der Waals surface area contributed by atoms with Gasteiger partial charge in [0.2, 0.25) is 0 Å². The summed E-state index contributed by atoms with van der Waals surface area (Å²) in [6.07, 6.45) is 6.17. The molecule has 15 heavy (non-hydrogen) atoms. The van der Waals surface area contributed by atoms with Gasteiger partial charge < -0.3 is 16.2 Å². The van der Waals surface area contributed by atoms with E-state index in [4.69, 9.17) is 10.8 Å². The molecule has 2 saturated carbocycles. The molecule has 0 aromatic rings. The first kappa shape index (κ1) is 10.7. The summed E-state index contributed by atoms with van der Waals surface area (Å²) >= 11 is 0. The van der Waals surface area contributed by atoms with Crippen molar-refractivity contribution in [2.24, 2.45) is 22.1 Å². The maximum Gasteiger partial charge on any atom is 0.188 e. The van der Waals surface area contributed by atoms with Crippen molar-refractivity contribution in [1.29, 1.82) is 0 Å². The second kappa shape index (κ2) is 4.39. The van der Waals surface area contributed by atoms with Gasteiger partial charge in [-0.25, -0.2) is 0 Å². The smallest absolute Gasteiger partial charge is 0.188 e. The molecule has 0 unspecified atom stereocenters. The van der Waals surface area contributed by atoms with Crippen LogP contribution in [0.15, 0.2) is 4.99 Å². The minimum atomic E-state index is 0.0722. The van der Waals surface area contributed by atoms with Crippen LogP contribution < -0.4 is 11.1 Å². The van der Waals surface area contributed by atoms with Crippen molar-refractivity contribution in [2.75, 3.05) is 19.7 Å². The van der Waals surface area contributed by atoms with E-state index in [1.807, 2.05) is 0 Å². The first-order valence-corrected chi connectivity index (χ1v) is 5.89. The van der Waals surface area contributed by atoms with Crippen molar-refractivity contribution in [3.05, 3.63) is 0 Å². The topological polar surface area (TPSA) is 70.6 Å². The first-order chi connectivity index (χ1) is 7.24. The Balaban J connectivity index is 1.65. The number of nitrogens with two attached hydrogens (primary N) is 1. The predicted molar refractivity (Wildman–Crippen MR) is 60.6 cm³/mol. The average Bonchev–Trinajstić information content (AvgIpc) is 2.93. The van der Waals surface area contributed by atoms with Gasteiger partial charge in [-0.3, -0.25) is 4.99 Å². The Morgan fingerprint density at radius 1 is 1.47 bits per heavy atom. The Kier molecular flexibility index (Phi) is 3.14. The van der Waals surface area contributed by atoms with Crippen LogP contribution in [0.25, 0.3) is 0 Å². The molecule has 0 bridgehead atoms. The van der Waals surface area contributed by atoms with Crippen molar-refractivity contribution < 1.29 is 5.11 Å². The van der Waals surface area contributed by atoms with E-state index in [-0.39, 0.29) is 12.0 Å². The molecule has 86 valence electrons. The maximum absolute atomic E-state index is 9.10. The van der Waals surface area contributed by atoms with Gasteiger partial charge >= 0.3 is 0 Å². The first-order valence-electron chi connectivity index (χ1n) is 5.89. The number of aliphatic imine (C=N–C) groups is 1. The van der Waals surface area contributed by atoms with Gasteiger partial charge in [0.25, 0.3) is 0 Å². The zero-order valence-corrected chi connectivity index (χ0v) is 9.21. The van der Waals surface area contributed by atoms with E-state index in [1.165, 1.54) is 19.3 Å². The highest BCUT2D eigenvalue weighted by molar-refractivity contribution is 5.77. The molecule has 4 N–H and O–H groups in total. The number of nitrogens with one attached hydrogen (secondary N) is 1. The Labute approximate surface area is 91.0 Å². The van der Waals surface area contributed by atoms with Crippen molar-refractivity contribution >= 4 is 5.96 Å². The molecule has 0 aliphatic heterocycles. The Morgan fingerprint density at radius 2 is 2.20 bits per heavy atom. The molecule has 2 aliphatic carbocycles. The van der Waals surface area contributed by atoms with E-state index in [9.17, 15) is 0 Å². The number of hydrogen-bond acceptors (Lipinski definition) is 2. The van der Waals surface area contributed by atoms with Crippen molar-refractivity contribution in [3.8, 4) is 0 Å². The summed E-state index contributed by atoms with van der Waals surface area (Å²) in [7, 11) is 0. The van der Waals surface area contributed by atoms with Crippen molar-refractivity contribution in [3.63, 3.8) is 0 Å². The van der Waals surface area contributed by atoms with Crippen LogP contribution in [0, 0.1) is 11.3 Å². The molecule has 0 radical (unpaired) electrons. The fourth-order valence-corrected chi connectivity index (χ4v) is 1.80. The summed E-state index contributed by atoms with van der Waals surface area (Å²) in [6, 6.07) is 0. The lowest BCUT2D eigenvalue weighted by atomic mass is 9.85. The van der Waals surface area contributed by atoms with Gasteiger partial charge in [-0.2, -0.15) is 0 Å². The second-order valence-electron chi connectivity index (χ2n) is 5.04. The summed E-state index contributed by atoms with van der Waals surface area (Å²) < 4.78 is 0. The molecule has 0 spiro atoms. The fraction of sp³-hybridized carbons (Fsp3) is 0.909. The Bertz CT molecular complexity index is 244. The number of rotatable bonds is 5. The van der Waals surface area contributed by atoms with Crippen LogP contribution >= 0.6 is 0 Å². The van der Waals surface area contributed by atoms with Crippen LogP contribution in [0.2, 0.25) is 0 Å². The SMILES string of the molecule is NC(=NCC1(CO)CC1)NCC1CCC1. The lowest BCUT2D eigenvalue weighted by molar-refractivity contribution is 0.217. The number of guanidine groups is 1. The Morgan fingerprint density at radius 3 is 2.67 bits per heavy atom. The number of nitrogens with zero attached hydrogens (tertiary/aromatic N) is 1. The van der Waals surface area contributed by atoms with Crippen LogP contribution in [0.3, 0.4) is 0 Å². The molecular weight excluding hydrogens is 190 g/mol. The van der Waals surface area contributed by atoms with E-state index in [0.717, 1.165) is 25.3 Å². The van der Waals surface area contributed by atoms with Gasteiger partial charge in [0.05, 0.1) is 13.2 Å². The lowest BCUT2D eigenvalue weighted by Gasteiger charge is -2.25. The summed E-state index contributed by atoms with van der Waals surface area (Å²) in [6.45, 7) is 1.88. The largest absolute Gasteiger partial charge is 0.396 e. The van der Waals surface area contributed by atoms with Crippen LogP contribution in [0.1, 0.15) is 32.1 Å². The number of hydrogen-bond donors (Lipinski definition) is 3. The van der Waals surface area contributed by atoms with E-state index in [1.54, 1.807) is 0 Å². The summed E-state index contributed by atoms with van der Waals surface area (Å²) in [5, 5.41) is 12.3. The van der Waals surface area contributed by atoms with Crippen LogP contribution in [-0.4, -0.2) is 30.8 Å². The monoisotopic (exact) mass is 211 g/mol. The van der Waals surface area contributed by atoms with Gasteiger partial charge in [-0.15, -0.1) is 0 Å². The third-order valence-corrected chi connectivity index (χ3v) is 3.67. The maximum atomic E-state index is 9.10. The molecule has 4 nitrogen and oxygen atoms in total. The van der Waals surface area contributed by atoms with Crippen LogP contribution in [0.4, 0.5) is 0 Å². The summed E-state index contributed by atoms with van der Waals surface area (Å²) in [4.78, 5) is 4.28. The second-order valence-corrected chi connectivity index (χ2v) is 5.04. The lowest BCUT2D eigenvalue weighted by Crippen LogP contribution is -2.37. The zero-order valence-electron chi connectivity index (χ0n) is 9.21. The zero-order chi connectivity index (χ0) is 10.7. The number of aliphatic hydroxyl groups excluding tert-OH is 1. The molecule has 4 heteroatoms. The molecule has 0 heterocycles. The third kappa shape index (κ3) is 2.84. The van der Waals surface area contributed by atoms with Gasteiger partial charge in [-0.1, -0.05) is 6.42 Å². The molecular formula is C11H21N3O. The highest BCUT2D eigenvalue weighted by atomic mass is 16.3. The minimum Gasteiger partial charge on any atom is -0.396 e. The van der Waals surface area contributed by atoms with E-state index < -0.39 is 0 Å².